The zero-order valence-corrected chi connectivity index (χ0v) is 22.2. The maximum Gasteiger partial charge on any atom is 0.164 e. The first kappa shape index (κ1) is 22.8. The smallest absolute Gasteiger partial charge is 0.164 e. The Morgan fingerprint density at radius 1 is 0.475 bits per heavy atom. The van der Waals surface area contributed by atoms with Gasteiger partial charge in [0.05, 0.1) is 15.7 Å². The lowest BCUT2D eigenvalue weighted by Crippen LogP contribution is -2.00. The molecule has 5 heteroatoms. The predicted molar refractivity (Wildman–Crippen MR) is 166 cm³/mol. The van der Waals surface area contributed by atoms with Crippen LogP contribution in [0.15, 0.2) is 133 Å². The van der Waals surface area contributed by atoms with Crippen molar-refractivity contribution in [2.45, 2.75) is 0 Å². The largest absolute Gasteiger partial charge is 0.308 e. The van der Waals surface area contributed by atoms with Gasteiger partial charge >= 0.3 is 0 Å². The lowest BCUT2D eigenvalue weighted by Gasteiger charge is -2.10. The lowest BCUT2D eigenvalue weighted by atomic mass is 10.1. The molecule has 0 bridgehead atoms. The normalized spacial score (nSPS) is 11.5. The van der Waals surface area contributed by atoms with Crippen molar-refractivity contribution in [2.24, 2.45) is 0 Å². The fraction of sp³-hybridized carbons (Fsp3) is 0. The van der Waals surface area contributed by atoms with Gasteiger partial charge in [-0.05, 0) is 36.4 Å². The van der Waals surface area contributed by atoms with Crippen LogP contribution in [0.4, 0.5) is 0 Å². The zero-order chi connectivity index (χ0) is 26.5. The Balaban J connectivity index is 1.40. The third-order valence-corrected chi connectivity index (χ3v) is 8.44. The number of hydrogen-bond acceptors (Lipinski definition) is 4. The van der Waals surface area contributed by atoms with Gasteiger partial charge in [-0.15, -0.1) is 11.3 Å². The van der Waals surface area contributed by atoms with Crippen LogP contribution in [0.5, 0.6) is 0 Å². The fourth-order valence-electron chi connectivity index (χ4n) is 5.39. The number of fused-ring (bicyclic) bond motifs is 5. The van der Waals surface area contributed by atoms with Crippen molar-refractivity contribution in [3.05, 3.63) is 133 Å². The van der Waals surface area contributed by atoms with Gasteiger partial charge in [-0.2, -0.15) is 0 Å². The van der Waals surface area contributed by atoms with Crippen molar-refractivity contribution in [2.75, 3.05) is 0 Å². The minimum atomic E-state index is 0.663. The maximum atomic E-state index is 4.97. The number of thiophene rings is 1. The van der Waals surface area contributed by atoms with E-state index in [2.05, 4.69) is 77.4 Å². The van der Waals surface area contributed by atoms with Crippen molar-refractivity contribution in [1.29, 1.82) is 0 Å². The van der Waals surface area contributed by atoms with E-state index in [0.29, 0.717) is 17.5 Å². The summed E-state index contributed by atoms with van der Waals surface area (Å²) in [6.45, 7) is 0. The average Bonchev–Trinajstić information content (AvgIpc) is 3.56. The highest BCUT2D eigenvalue weighted by atomic mass is 32.1. The van der Waals surface area contributed by atoms with Crippen LogP contribution in [0.25, 0.3) is 71.1 Å². The summed E-state index contributed by atoms with van der Waals surface area (Å²) >= 11 is 1.84. The summed E-state index contributed by atoms with van der Waals surface area (Å²) in [5.41, 5.74) is 6.45. The summed E-state index contributed by atoms with van der Waals surface area (Å²) in [7, 11) is 0. The summed E-state index contributed by atoms with van der Waals surface area (Å²) in [4.78, 5) is 14.8. The molecular weight excluding hydrogens is 508 g/mol. The van der Waals surface area contributed by atoms with E-state index in [0.717, 1.165) is 22.4 Å². The second-order valence-corrected chi connectivity index (χ2v) is 10.8. The lowest BCUT2D eigenvalue weighted by molar-refractivity contribution is 1.07. The van der Waals surface area contributed by atoms with Crippen molar-refractivity contribution < 1.29 is 0 Å². The third kappa shape index (κ3) is 3.71. The number of aromatic nitrogens is 4. The minimum Gasteiger partial charge on any atom is -0.308 e. The van der Waals surface area contributed by atoms with Crippen LogP contribution in [-0.2, 0) is 0 Å². The van der Waals surface area contributed by atoms with Crippen molar-refractivity contribution in [1.82, 2.24) is 19.5 Å². The van der Waals surface area contributed by atoms with E-state index in [4.69, 9.17) is 15.0 Å². The Morgan fingerprint density at radius 2 is 1.02 bits per heavy atom. The molecule has 0 radical (unpaired) electrons. The standard InChI is InChI=1S/C35H22N4S/c1-4-12-23(13-5-1)33-36-34(24-14-6-2-7-15-24)38-35(37-33)25-20-21-29-28(22-25)32-31(27-18-10-11-19-30(27)40-32)39(29)26-16-8-3-9-17-26/h1-22H. The molecule has 3 heterocycles. The van der Waals surface area contributed by atoms with Crippen LogP contribution in [0.2, 0.25) is 0 Å². The number of benzene rings is 5. The van der Waals surface area contributed by atoms with Crippen LogP contribution in [0.1, 0.15) is 0 Å². The summed E-state index contributed by atoms with van der Waals surface area (Å²) in [6, 6.07) is 46.0. The first-order valence-corrected chi connectivity index (χ1v) is 14.0. The number of nitrogens with zero attached hydrogens (tertiary/aromatic N) is 4. The molecule has 40 heavy (non-hydrogen) atoms. The monoisotopic (exact) mass is 530 g/mol. The third-order valence-electron chi connectivity index (χ3n) is 7.25. The van der Waals surface area contributed by atoms with Crippen molar-refractivity contribution >= 4 is 42.5 Å². The molecule has 0 unspecified atom stereocenters. The highest BCUT2D eigenvalue weighted by Crippen LogP contribution is 2.43. The number of rotatable bonds is 4. The summed E-state index contributed by atoms with van der Waals surface area (Å²) < 4.78 is 4.93. The second-order valence-electron chi connectivity index (χ2n) is 9.72. The molecule has 8 rings (SSSR count). The van der Waals surface area contributed by atoms with E-state index in [1.165, 1.54) is 31.2 Å². The van der Waals surface area contributed by atoms with Crippen LogP contribution in [0, 0.1) is 0 Å². The number of hydrogen-bond donors (Lipinski definition) is 0. The van der Waals surface area contributed by atoms with Crippen molar-refractivity contribution in [3.8, 4) is 39.9 Å². The van der Waals surface area contributed by atoms with Crippen LogP contribution in [0.3, 0.4) is 0 Å². The minimum absolute atomic E-state index is 0.663. The van der Waals surface area contributed by atoms with Gasteiger partial charge in [-0.1, -0.05) is 97.1 Å². The van der Waals surface area contributed by atoms with Gasteiger partial charge in [0.25, 0.3) is 0 Å². The Labute approximate surface area is 234 Å². The summed E-state index contributed by atoms with van der Waals surface area (Å²) in [5, 5.41) is 2.46. The van der Waals surface area contributed by atoms with Gasteiger partial charge in [0.1, 0.15) is 0 Å². The fourth-order valence-corrected chi connectivity index (χ4v) is 6.60. The predicted octanol–water partition coefficient (Wildman–Crippen LogP) is 9.18. The summed E-state index contributed by atoms with van der Waals surface area (Å²) in [6.07, 6.45) is 0. The van der Waals surface area contributed by atoms with Gasteiger partial charge in [0.15, 0.2) is 17.5 Å². The molecule has 8 aromatic rings. The SMILES string of the molecule is c1ccc(-c2nc(-c3ccccc3)nc(-c3ccc4c(c3)c3sc5ccccc5c3n4-c3ccccc3)n2)cc1. The highest BCUT2D eigenvalue weighted by molar-refractivity contribution is 7.26. The average molecular weight is 531 g/mol. The van der Waals surface area contributed by atoms with Gasteiger partial charge in [-0.25, -0.2) is 15.0 Å². The van der Waals surface area contributed by atoms with Gasteiger partial charge in [-0.3, -0.25) is 0 Å². The molecule has 0 spiro atoms. The van der Waals surface area contributed by atoms with E-state index >= 15 is 0 Å². The van der Waals surface area contributed by atoms with E-state index < -0.39 is 0 Å². The van der Waals surface area contributed by atoms with Gasteiger partial charge < -0.3 is 4.57 Å². The molecular formula is C35H22N4S. The highest BCUT2D eigenvalue weighted by Gasteiger charge is 2.19. The Kier molecular flexibility index (Phi) is 5.28. The first-order chi connectivity index (χ1) is 19.8. The maximum absolute atomic E-state index is 4.97. The number of para-hydroxylation sites is 1. The van der Waals surface area contributed by atoms with Crippen LogP contribution >= 0.6 is 11.3 Å². The first-order valence-electron chi connectivity index (χ1n) is 13.2. The molecule has 0 saturated heterocycles. The topological polar surface area (TPSA) is 43.6 Å². The molecule has 0 aliphatic heterocycles. The molecule has 0 atom stereocenters. The molecule has 0 fully saturated rings. The second kappa shape index (κ2) is 9.26. The van der Waals surface area contributed by atoms with E-state index in [1.807, 2.05) is 72.0 Å². The van der Waals surface area contributed by atoms with E-state index in [1.54, 1.807) is 0 Å². The van der Waals surface area contributed by atoms with Gasteiger partial charge in [0.2, 0.25) is 0 Å². The van der Waals surface area contributed by atoms with Gasteiger partial charge in [0, 0.05) is 37.9 Å². The zero-order valence-electron chi connectivity index (χ0n) is 21.4. The van der Waals surface area contributed by atoms with Crippen molar-refractivity contribution in [3.63, 3.8) is 0 Å². The molecule has 5 aromatic carbocycles. The molecule has 0 saturated carbocycles. The molecule has 188 valence electrons. The van der Waals surface area contributed by atoms with Crippen LogP contribution in [-0.4, -0.2) is 19.5 Å². The molecule has 0 aliphatic rings. The molecule has 0 aliphatic carbocycles. The molecule has 0 N–H and O–H groups in total. The molecule has 3 aromatic heterocycles. The molecule has 4 nitrogen and oxygen atoms in total. The van der Waals surface area contributed by atoms with E-state index in [-0.39, 0.29) is 0 Å². The summed E-state index contributed by atoms with van der Waals surface area (Å²) in [5.74, 6) is 1.99. The Hall–Kier alpha value is -5.13. The quantitative estimate of drug-likeness (QED) is 0.228. The van der Waals surface area contributed by atoms with Crippen LogP contribution < -0.4 is 0 Å². The Bertz CT molecular complexity index is 2090. The Morgan fingerprint density at radius 3 is 1.68 bits per heavy atom. The molecule has 0 amide bonds. The van der Waals surface area contributed by atoms with E-state index in [9.17, 15) is 0 Å².